The normalized spacial score (nSPS) is 18.7. The first kappa shape index (κ1) is 29.0. The molecule has 2 unspecified atom stereocenters. The molecule has 5 rings (SSSR count). The lowest BCUT2D eigenvalue weighted by Gasteiger charge is -2.30. The molecule has 8 heteroatoms. The van der Waals surface area contributed by atoms with Crippen molar-refractivity contribution in [3.05, 3.63) is 82.9 Å². The van der Waals surface area contributed by atoms with Crippen molar-refractivity contribution in [3.8, 4) is 28.7 Å². The summed E-state index contributed by atoms with van der Waals surface area (Å²) in [4.78, 5) is 14.3. The summed E-state index contributed by atoms with van der Waals surface area (Å²) in [6.07, 6.45) is 5.01. The first-order valence-electron chi connectivity index (χ1n) is 14.4. The number of hydrogen-bond donors (Lipinski definition) is 0. The smallest absolute Gasteiger partial charge is 0.274 e. The van der Waals surface area contributed by atoms with Gasteiger partial charge in [-0.2, -0.15) is 5.10 Å². The van der Waals surface area contributed by atoms with Crippen LogP contribution in [-0.2, 0) is 0 Å². The highest BCUT2D eigenvalue weighted by Gasteiger charge is 2.44. The minimum atomic E-state index is -0.272. The molecule has 220 valence electrons. The van der Waals surface area contributed by atoms with E-state index in [1.165, 1.54) is 14.2 Å². The van der Waals surface area contributed by atoms with Crippen molar-refractivity contribution in [2.45, 2.75) is 39.2 Å². The fraction of sp³-hybridized carbons (Fsp3) is 0.353. The van der Waals surface area contributed by atoms with E-state index in [1.807, 2.05) is 50.2 Å². The van der Waals surface area contributed by atoms with Crippen LogP contribution in [0.1, 0.15) is 60.6 Å². The summed E-state index contributed by atoms with van der Waals surface area (Å²) in [5.74, 6) is 2.71. The molecule has 0 radical (unpaired) electrons. The molecule has 0 spiro atoms. The fourth-order valence-electron chi connectivity index (χ4n) is 5.79. The number of nitrogens with zero attached hydrogens (tertiary/aromatic N) is 2. The van der Waals surface area contributed by atoms with Gasteiger partial charge in [-0.05, 0) is 92.3 Å². The molecular weight excluding hydrogens is 532 g/mol. The number of hydrogen-bond acceptors (Lipinski definition) is 7. The summed E-state index contributed by atoms with van der Waals surface area (Å²) in [6.45, 7) is 5.15. The number of hydrazone groups is 1. The minimum Gasteiger partial charge on any atom is -0.494 e. The third-order valence-corrected chi connectivity index (χ3v) is 7.69. The highest BCUT2D eigenvalue weighted by atomic mass is 16.5. The second-order valence-corrected chi connectivity index (χ2v) is 10.2. The van der Waals surface area contributed by atoms with Crippen LogP contribution >= 0.6 is 0 Å². The number of ether oxygens (including phenoxy) is 5. The van der Waals surface area contributed by atoms with Crippen molar-refractivity contribution in [1.82, 2.24) is 5.01 Å². The summed E-state index contributed by atoms with van der Waals surface area (Å²) in [5.41, 5.74) is 4.58. The zero-order valence-electron chi connectivity index (χ0n) is 24.9. The molecule has 1 fully saturated rings. The number of methoxy groups -OCH3 is 3. The van der Waals surface area contributed by atoms with Gasteiger partial charge in [0.1, 0.15) is 11.5 Å². The Labute approximate surface area is 247 Å². The van der Waals surface area contributed by atoms with Gasteiger partial charge >= 0.3 is 0 Å². The molecular formula is C34H38N2O6. The predicted octanol–water partition coefficient (Wildman–Crippen LogP) is 6.95. The average Bonchev–Trinajstić information content (AvgIpc) is 3.42. The molecule has 8 nitrogen and oxygen atoms in total. The van der Waals surface area contributed by atoms with Gasteiger partial charge in [0.05, 0.1) is 46.3 Å². The Kier molecular flexibility index (Phi) is 9.00. The van der Waals surface area contributed by atoms with Crippen molar-refractivity contribution in [2.75, 3.05) is 34.5 Å². The quantitative estimate of drug-likeness (QED) is 0.263. The SMILES string of the molecule is CCOc1ccc(C=C2CCCC3C2=NN(C(=O)c2cc(OC)c(OC)c(OC)c2)C3c2ccc(OCC)cc2)cc1. The summed E-state index contributed by atoms with van der Waals surface area (Å²) < 4.78 is 27.9. The molecule has 3 aromatic carbocycles. The van der Waals surface area contributed by atoms with Crippen molar-refractivity contribution in [1.29, 1.82) is 0 Å². The van der Waals surface area contributed by atoms with Crippen LogP contribution in [0.25, 0.3) is 6.08 Å². The Bertz CT molecular complexity index is 1440. The van der Waals surface area contributed by atoms with Crippen LogP contribution in [0.4, 0.5) is 0 Å². The molecule has 2 aliphatic rings. The second-order valence-electron chi connectivity index (χ2n) is 10.2. The maximum absolute atomic E-state index is 14.3. The molecule has 1 saturated carbocycles. The number of amides is 1. The fourth-order valence-corrected chi connectivity index (χ4v) is 5.79. The predicted molar refractivity (Wildman–Crippen MR) is 163 cm³/mol. The number of benzene rings is 3. The van der Waals surface area contributed by atoms with Gasteiger partial charge < -0.3 is 23.7 Å². The second kappa shape index (κ2) is 13.0. The lowest BCUT2D eigenvalue weighted by molar-refractivity contribution is 0.0680. The van der Waals surface area contributed by atoms with E-state index in [2.05, 4.69) is 18.2 Å². The molecule has 1 aliphatic carbocycles. The Balaban J connectivity index is 1.57. The van der Waals surface area contributed by atoms with Crippen molar-refractivity contribution in [3.63, 3.8) is 0 Å². The Morgan fingerprint density at radius 3 is 2.02 bits per heavy atom. The van der Waals surface area contributed by atoms with Gasteiger partial charge in [0.2, 0.25) is 5.75 Å². The number of carbonyl (C=O) groups is 1. The molecule has 42 heavy (non-hydrogen) atoms. The summed E-state index contributed by atoms with van der Waals surface area (Å²) in [7, 11) is 4.62. The average molecular weight is 571 g/mol. The number of carbonyl (C=O) groups excluding carboxylic acids is 1. The van der Waals surface area contributed by atoms with Crippen LogP contribution < -0.4 is 23.7 Å². The number of fused-ring (bicyclic) bond motifs is 1. The van der Waals surface area contributed by atoms with E-state index in [-0.39, 0.29) is 17.9 Å². The third kappa shape index (κ3) is 5.79. The molecule has 0 bridgehead atoms. The molecule has 1 heterocycles. The minimum absolute atomic E-state index is 0.0524. The van der Waals surface area contributed by atoms with E-state index >= 15 is 0 Å². The van der Waals surface area contributed by atoms with E-state index in [1.54, 1.807) is 24.3 Å². The van der Waals surface area contributed by atoms with Gasteiger partial charge in [-0.25, -0.2) is 5.01 Å². The first-order valence-corrected chi connectivity index (χ1v) is 14.4. The molecule has 0 saturated heterocycles. The van der Waals surface area contributed by atoms with Gasteiger partial charge in [0.25, 0.3) is 5.91 Å². The molecule has 0 aromatic heterocycles. The number of allylic oxidation sites excluding steroid dienone is 1. The Morgan fingerprint density at radius 1 is 0.881 bits per heavy atom. The van der Waals surface area contributed by atoms with Gasteiger partial charge in [-0.1, -0.05) is 24.3 Å². The molecule has 0 N–H and O–H groups in total. The monoisotopic (exact) mass is 570 g/mol. The topological polar surface area (TPSA) is 78.8 Å². The largest absolute Gasteiger partial charge is 0.494 e. The molecule has 3 aromatic rings. The summed E-state index contributed by atoms with van der Waals surface area (Å²) in [5, 5.41) is 6.68. The third-order valence-electron chi connectivity index (χ3n) is 7.69. The Morgan fingerprint density at radius 2 is 1.48 bits per heavy atom. The van der Waals surface area contributed by atoms with Crippen LogP contribution in [0.15, 0.2) is 71.3 Å². The van der Waals surface area contributed by atoms with E-state index in [0.717, 1.165) is 53.2 Å². The lowest BCUT2D eigenvalue weighted by Crippen LogP contribution is -2.32. The van der Waals surface area contributed by atoms with Gasteiger partial charge in [0.15, 0.2) is 11.5 Å². The number of rotatable bonds is 10. The van der Waals surface area contributed by atoms with E-state index < -0.39 is 0 Å². The van der Waals surface area contributed by atoms with Crippen molar-refractivity contribution >= 4 is 17.7 Å². The summed E-state index contributed by atoms with van der Waals surface area (Å²) in [6, 6.07) is 19.1. The lowest BCUT2D eigenvalue weighted by atomic mass is 9.77. The van der Waals surface area contributed by atoms with E-state index in [0.29, 0.717) is 36.0 Å². The maximum Gasteiger partial charge on any atom is 0.274 e. The zero-order valence-corrected chi connectivity index (χ0v) is 24.9. The van der Waals surface area contributed by atoms with Crippen LogP contribution in [0.3, 0.4) is 0 Å². The standard InChI is InChI=1S/C34H38N2O6/c1-6-41-26-15-11-22(12-16-26)19-24-9-8-10-28-31(24)35-36(32(28)23-13-17-27(18-14-23)42-7-2)34(37)25-20-29(38-3)33(40-5)30(21-25)39-4/h11-21,28,32H,6-10H2,1-5H3. The van der Waals surface area contributed by atoms with Crippen molar-refractivity contribution in [2.24, 2.45) is 11.0 Å². The van der Waals surface area contributed by atoms with Crippen LogP contribution in [-0.4, -0.2) is 51.2 Å². The maximum atomic E-state index is 14.3. The molecule has 2 atom stereocenters. The van der Waals surface area contributed by atoms with E-state index in [4.69, 9.17) is 28.8 Å². The highest BCUT2D eigenvalue weighted by Crippen LogP contribution is 2.46. The highest BCUT2D eigenvalue weighted by molar-refractivity contribution is 6.09. The van der Waals surface area contributed by atoms with E-state index in [9.17, 15) is 4.79 Å². The van der Waals surface area contributed by atoms with Gasteiger partial charge in [0, 0.05) is 11.5 Å². The van der Waals surface area contributed by atoms with Crippen LogP contribution in [0.2, 0.25) is 0 Å². The van der Waals surface area contributed by atoms with Crippen LogP contribution in [0.5, 0.6) is 28.7 Å². The van der Waals surface area contributed by atoms with Gasteiger partial charge in [-0.15, -0.1) is 0 Å². The zero-order chi connectivity index (χ0) is 29.6. The summed E-state index contributed by atoms with van der Waals surface area (Å²) >= 11 is 0. The first-order chi connectivity index (χ1) is 20.5. The molecule has 1 aliphatic heterocycles. The Hall–Kier alpha value is -4.46. The van der Waals surface area contributed by atoms with Gasteiger partial charge in [-0.3, -0.25) is 4.79 Å². The van der Waals surface area contributed by atoms with Crippen LogP contribution in [0, 0.1) is 5.92 Å². The van der Waals surface area contributed by atoms with Crippen molar-refractivity contribution < 1.29 is 28.5 Å². The molecule has 1 amide bonds.